The Bertz CT molecular complexity index is 1140. The highest BCUT2D eigenvalue weighted by Gasteiger charge is 2.28. The first-order chi connectivity index (χ1) is 14.9. The van der Waals surface area contributed by atoms with E-state index in [2.05, 4.69) is 10.4 Å². The molecule has 3 aromatic rings. The second-order valence-corrected chi connectivity index (χ2v) is 7.21. The third-order valence-corrected chi connectivity index (χ3v) is 5.13. The van der Waals surface area contributed by atoms with Crippen molar-refractivity contribution < 1.29 is 23.1 Å². The fourth-order valence-electron chi connectivity index (χ4n) is 3.54. The fourth-order valence-corrected chi connectivity index (χ4v) is 3.54. The monoisotopic (exact) mass is 426 g/mol. The second kappa shape index (κ2) is 8.17. The summed E-state index contributed by atoms with van der Waals surface area (Å²) in [6.45, 7) is 0.857. The van der Waals surface area contributed by atoms with Gasteiger partial charge in [0.25, 0.3) is 18.2 Å². The van der Waals surface area contributed by atoms with Crippen LogP contribution in [0.2, 0.25) is 0 Å². The summed E-state index contributed by atoms with van der Waals surface area (Å²) in [4.78, 5) is 26.9. The summed E-state index contributed by atoms with van der Waals surface area (Å²) in [6, 6.07) is 13.6. The lowest BCUT2D eigenvalue weighted by Gasteiger charge is -2.15. The Labute approximate surface area is 177 Å². The molecule has 2 aromatic carbocycles. The largest absolute Gasteiger partial charge is 0.497 e. The molecule has 9 heteroatoms. The zero-order valence-electron chi connectivity index (χ0n) is 16.9. The van der Waals surface area contributed by atoms with E-state index in [0.717, 1.165) is 27.6 Å². The molecule has 0 unspecified atom stereocenters. The van der Waals surface area contributed by atoms with E-state index in [1.54, 1.807) is 30.2 Å². The van der Waals surface area contributed by atoms with Gasteiger partial charge >= 0.3 is 0 Å². The highest BCUT2D eigenvalue weighted by atomic mass is 19.3. The van der Waals surface area contributed by atoms with Crippen LogP contribution < -0.4 is 10.1 Å². The summed E-state index contributed by atoms with van der Waals surface area (Å²) in [7, 11) is 3.03. The van der Waals surface area contributed by atoms with Crippen LogP contribution in [0.25, 0.3) is 0 Å². The van der Waals surface area contributed by atoms with Gasteiger partial charge < -0.3 is 15.0 Å². The van der Waals surface area contributed by atoms with Gasteiger partial charge in [0.05, 0.1) is 7.11 Å². The first-order valence-electron chi connectivity index (χ1n) is 9.54. The molecule has 0 saturated carbocycles. The van der Waals surface area contributed by atoms with Crippen molar-refractivity contribution in [2.45, 2.75) is 19.5 Å². The van der Waals surface area contributed by atoms with E-state index in [9.17, 15) is 18.4 Å². The molecule has 2 heterocycles. The van der Waals surface area contributed by atoms with Crippen molar-refractivity contribution >= 4 is 17.5 Å². The lowest BCUT2D eigenvalue weighted by molar-refractivity contribution is 0.0766. The number of anilines is 1. The summed E-state index contributed by atoms with van der Waals surface area (Å²) in [5.74, 6) is 0.104. The normalized spacial score (nSPS) is 12.9. The van der Waals surface area contributed by atoms with Crippen molar-refractivity contribution in [3.05, 3.63) is 76.6 Å². The van der Waals surface area contributed by atoms with Crippen LogP contribution in [0.1, 0.15) is 44.1 Å². The predicted octanol–water partition coefficient (Wildman–Crippen LogP) is 3.77. The topological polar surface area (TPSA) is 76.5 Å². The molecule has 0 saturated heterocycles. The maximum absolute atomic E-state index is 12.8. The van der Waals surface area contributed by atoms with Crippen molar-refractivity contribution in [3.63, 3.8) is 0 Å². The van der Waals surface area contributed by atoms with E-state index in [-0.39, 0.29) is 11.6 Å². The number of aromatic nitrogens is 2. The minimum Gasteiger partial charge on any atom is -0.497 e. The summed E-state index contributed by atoms with van der Waals surface area (Å²) < 4.78 is 31.9. The molecule has 31 heavy (non-hydrogen) atoms. The molecular formula is C22H20F2N4O3. The molecule has 7 nitrogen and oxygen atoms in total. The highest BCUT2D eigenvalue weighted by molar-refractivity contribution is 6.04. The number of rotatable bonds is 6. The van der Waals surface area contributed by atoms with E-state index in [0.29, 0.717) is 24.3 Å². The number of amides is 2. The first kappa shape index (κ1) is 20.5. The maximum Gasteiger partial charge on any atom is 0.282 e. The van der Waals surface area contributed by atoms with Gasteiger partial charge in [0.15, 0.2) is 0 Å². The van der Waals surface area contributed by atoms with E-state index in [1.807, 2.05) is 24.3 Å². The molecule has 0 fully saturated rings. The molecule has 0 bridgehead atoms. The number of fused-ring (bicyclic) bond motifs is 1. The van der Waals surface area contributed by atoms with Crippen molar-refractivity contribution in [2.24, 2.45) is 7.05 Å². The van der Waals surface area contributed by atoms with Crippen molar-refractivity contribution in [1.82, 2.24) is 14.7 Å². The Hall–Kier alpha value is -3.75. The Morgan fingerprint density at radius 2 is 1.94 bits per heavy atom. The SMILES string of the molecule is COc1ccc(CN2Cc3cc(NC(=O)c4cc(C(F)F)nn4C)ccc3C2=O)cc1. The molecule has 1 aliphatic rings. The Morgan fingerprint density at radius 1 is 1.19 bits per heavy atom. The quantitative estimate of drug-likeness (QED) is 0.651. The van der Waals surface area contributed by atoms with Gasteiger partial charge in [-0.1, -0.05) is 12.1 Å². The van der Waals surface area contributed by atoms with Crippen molar-refractivity contribution in [3.8, 4) is 5.75 Å². The molecule has 0 radical (unpaired) electrons. The van der Waals surface area contributed by atoms with Gasteiger partial charge in [-0.05, 0) is 47.5 Å². The van der Waals surface area contributed by atoms with E-state index >= 15 is 0 Å². The van der Waals surface area contributed by atoms with Gasteiger partial charge in [0.2, 0.25) is 0 Å². The average molecular weight is 426 g/mol. The molecule has 0 aliphatic carbocycles. The number of alkyl halides is 2. The van der Waals surface area contributed by atoms with Crippen LogP contribution in [0.5, 0.6) is 5.75 Å². The first-order valence-corrected chi connectivity index (χ1v) is 9.54. The smallest absolute Gasteiger partial charge is 0.282 e. The van der Waals surface area contributed by atoms with E-state index < -0.39 is 18.0 Å². The van der Waals surface area contributed by atoms with Gasteiger partial charge in [-0.15, -0.1) is 0 Å². The van der Waals surface area contributed by atoms with Crippen LogP contribution in [0.15, 0.2) is 48.5 Å². The predicted molar refractivity (Wildman–Crippen MR) is 109 cm³/mol. The lowest BCUT2D eigenvalue weighted by Crippen LogP contribution is -2.23. The second-order valence-electron chi connectivity index (χ2n) is 7.21. The number of aryl methyl sites for hydroxylation is 1. The Balaban J connectivity index is 1.47. The van der Waals surface area contributed by atoms with Crippen molar-refractivity contribution in [2.75, 3.05) is 12.4 Å². The van der Waals surface area contributed by atoms with E-state index in [4.69, 9.17) is 4.74 Å². The highest BCUT2D eigenvalue weighted by Crippen LogP contribution is 2.28. The third kappa shape index (κ3) is 4.11. The van der Waals surface area contributed by atoms with Crippen LogP contribution in [-0.2, 0) is 20.1 Å². The Morgan fingerprint density at radius 3 is 2.58 bits per heavy atom. The summed E-state index contributed by atoms with van der Waals surface area (Å²) in [5.41, 5.74) is 2.38. The number of carbonyl (C=O) groups excluding carboxylic acids is 2. The molecule has 0 atom stereocenters. The van der Waals surface area contributed by atoms with E-state index in [1.165, 1.54) is 7.05 Å². The zero-order valence-corrected chi connectivity index (χ0v) is 16.9. The number of carbonyl (C=O) groups is 2. The number of methoxy groups -OCH3 is 1. The number of halogens is 2. The third-order valence-electron chi connectivity index (χ3n) is 5.13. The summed E-state index contributed by atoms with van der Waals surface area (Å²) >= 11 is 0. The number of benzene rings is 2. The van der Waals surface area contributed by atoms with Crippen LogP contribution in [-0.4, -0.2) is 33.6 Å². The van der Waals surface area contributed by atoms with Crippen molar-refractivity contribution in [1.29, 1.82) is 0 Å². The minimum absolute atomic E-state index is 0.0213. The van der Waals surface area contributed by atoms with Gasteiger partial charge in [-0.2, -0.15) is 5.10 Å². The zero-order chi connectivity index (χ0) is 22.1. The average Bonchev–Trinajstić information content (AvgIpc) is 3.29. The standard InChI is InChI=1S/C22H20F2N4O3/c1-27-19(10-18(26-27)20(23)24)21(29)25-15-5-8-17-14(9-15)12-28(22(17)30)11-13-3-6-16(31-2)7-4-13/h3-10,20H,11-12H2,1-2H3,(H,25,29). The molecule has 0 spiro atoms. The van der Waals surface area contributed by atoms with Crippen LogP contribution >= 0.6 is 0 Å². The Kier molecular flexibility index (Phi) is 5.41. The summed E-state index contributed by atoms with van der Waals surface area (Å²) in [5, 5.41) is 6.33. The number of nitrogens with one attached hydrogen (secondary N) is 1. The molecule has 160 valence electrons. The van der Waals surface area contributed by atoms with Gasteiger partial charge in [-0.25, -0.2) is 8.78 Å². The van der Waals surface area contributed by atoms with Gasteiger partial charge in [0.1, 0.15) is 17.1 Å². The fraction of sp³-hybridized carbons (Fsp3) is 0.227. The van der Waals surface area contributed by atoms with Gasteiger partial charge in [0, 0.05) is 31.4 Å². The maximum atomic E-state index is 12.8. The molecule has 4 rings (SSSR count). The lowest BCUT2D eigenvalue weighted by atomic mass is 10.1. The molecular weight excluding hydrogens is 406 g/mol. The van der Waals surface area contributed by atoms with Crippen LogP contribution in [0, 0.1) is 0 Å². The van der Waals surface area contributed by atoms with Crippen LogP contribution in [0.3, 0.4) is 0 Å². The van der Waals surface area contributed by atoms with Crippen LogP contribution in [0.4, 0.5) is 14.5 Å². The molecule has 1 aromatic heterocycles. The minimum atomic E-state index is -2.75. The van der Waals surface area contributed by atoms with Gasteiger partial charge in [-0.3, -0.25) is 14.3 Å². The summed E-state index contributed by atoms with van der Waals surface area (Å²) in [6.07, 6.45) is -2.75. The molecule has 2 amide bonds. The number of hydrogen-bond acceptors (Lipinski definition) is 4. The molecule has 1 aliphatic heterocycles. The molecule has 1 N–H and O–H groups in total. The number of ether oxygens (including phenoxy) is 1. The number of hydrogen-bond donors (Lipinski definition) is 1. The number of nitrogens with zero attached hydrogens (tertiary/aromatic N) is 3.